The minimum atomic E-state index is 0.589. The summed E-state index contributed by atoms with van der Waals surface area (Å²) < 4.78 is 12.8. The molecule has 0 aliphatic rings. The van der Waals surface area contributed by atoms with Crippen molar-refractivity contribution in [3.05, 3.63) is 352 Å². The highest BCUT2D eigenvalue weighted by atomic mass is 16.3. The van der Waals surface area contributed by atoms with Crippen LogP contribution in [0.4, 0.5) is 0 Å². The third-order valence-corrected chi connectivity index (χ3v) is 20.2. The second kappa shape index (κ2) is 25.0. The van der Waals surface area contributed by atoms with E-state index in [2.05, 4.69) is 267 Å². The minimum absolute atomic E-state index is 0.589. The van der Waals surface area contributed by atoms with Crippen LogP contribution in [0.2, 0.25) is 0 Å². The van der Waals surface area contributed by atoms with Gasteiger partial charge in [0, 0.05) is 54.9 Å². The number of hydrogen-bond acceptors (Lipinski definition) is 8. The highest BCUT2D eigenvalue weighted by Crippen LogP contribution is 2.42. The topological polar surface area (TPSA) is 104 Å². The van der Waals surface area contributed by atoms with E-state index < -0.39 is 0 Å². The molecule has 484 valence electrons. The summed E-state index contributed by atoms with van der Waals surface area (Å²) in [4.78, 5) is 30.3. The monoisotopic (exact) mass is 1330 g/mol. The van der Waals surface area contributed by atoms with Crippen LogP contribution in [0.15, 0.2) is 361 Å². The number of rotatable bonds is 9. The molecule has 0 bridgehead atoms. The van der Waals surface area contributed by atoms with Crippen LogP contribution in [0.5, 0.6) is 0 Å². The van der Waals surface area contributed by atoms with Crippen molar-refractivity contribution < 1.29 is 8.83 Å². The van der Waals surface area contributed by atoms with E-state index in [4.69, 9.17) is 38.7 Å². The first-order valence-corrected chi connectivity index (χ1v) is 35.0. The lowest BCUT2D eigenvalue weighted by atomic mass is 9.92. The van der Waals surface area contributed by atoms with E-state index in [0.29, 0.717) is 34.9 Å². The average Bonchev–Trinajstić information content (AvgIpc) is 0.920. The van der Waals surface area contributed by atoms with E-state index in [1.807, 2.05) is 84.9 Å². The van der Waals surface area contributed by atoms with Gasteiger partial charge in [-0.3, -0.25) is 0 Å². The van der Waals surface area contributed by atoms with Gasteiger partial charge >= 0.3 is 0 Å². The van der Waals surface area contributed by atoms with Gasteiger partial charge in [0.05, 0.1) is 0 Å². The molecule has 0 atom stereocenters. The SMILES string of the molecule is c1ccc(-c2ccc3oc4cc(-c5nc(-c6ccccc6)nc(-c6ccc7c8ccccc8c8ccccc8c7c6)n5)ccc4c3c2)cc1.c1ccc(-c2ccc3oc4cc(-c5nc(-c6ccccc6)nc(-c6cccc(-c7ccc8c9ccccc9c9ccccc9c8c7)c6)n5)ccc4c3c2)cc1. The van der Waals surface area contributed by atoms with Crippen LogP contribution in [0, 0.1) is 0 Å². The standard InChI is InChI=1S/C51H31N3O.C45H27N3O/c1-3-12-32(13-4-1)35-24-27-47-46(30-35)44-26-23-38(31-48(44)55-47)51-53-49(33-14-5-2-6-15-33)52-50(54-51)37-17-11-16-34(28-37)36-22-25-43-41-20-8-7-18-39(41)40-19-9-10-21-42(40)45(43)29-36;1-3-11-28(12-4-1)30-21-24-41-40(25-30)38-23-20-32(27-42(38)49-41)45-47-43(29-13-5-2-6-14-29)46-44(48-45)31-19-22-37-35-17-8-7-15-33(35)34-16-9-10-18-36(34)39(37)26-31/h1-31H;1-27H. The van der Waals surface area contributed by atoms with Crippen molar-refractivity contribution >= 4 is 109 Å². The van der Waals surface area contributed by atoms with Crippen LogP contribution in [0.25, 0.3) is 210 Å². The summed E-state index contributed by atoms with van der Waals surface area (Å²) in [6.45, 7) is 0. The van der Waals surface area contributed by atoms with Gasteiger partial charge in [-0.15, -0.1) is 0 Å². The van der Waals surface area contributed by atoms with E-state index in [1.165, 1.54) is 75.8 Å². The smallest absolute Gasteiger partial charge is 0.164 e. The fourth-order valence-corrected chi connectivity index (χ4v) is 15.1. The third kappa shape index (κ3) is 10.6. The molecule has 0 aliphatic carbocycles. The molecule has 0 saturated heterocycles. The Kier molecular flexibility index (Phi) is 14.4. The molecule has 104 heavy (non-hydrogen) atoms. The Hall–Kier alpha value is -14.1. The van der Waals surface area contributed by atoms with Crippen LogP contribution >= 0.6 is 0 Å². The molecule has 0 aliphatic heterocycles. The molecular weight excluding hydrogens is 1270 g/mol. The second-order valence-corrected chi connectivity index (χ2v) is 26.4. The Morgan fingerprint density at radius 2 is 0.356 bits per heavy atom. The van der Waals surface area contributed by atoms with Gasteiger partial charge in [-0.05, 0) is 165 Å². The maximum Gasteiger partial charge on any atom is 0.164 e. The summed E-state index contributed by atoms with van der Waals surface area (Å²) in [6, 6.07) is 123. The zero-order valence-electron chi connectivity index (χ0n) is 56.0. The number of hydrogen-bond donors (Lipinski definition) is 0. The Labute approximate surface area is 597 Å². The molecule has 21 rings (SSSR count). The fourth-order valence-electron chi connectivity index (χ4n) is 15.1. The van der Waals surface area contributed by atoms with Crippen molar-refractivity contribution in [3.8, 4) is 102 Å². The van der Waals surface area contributed by atoms with Crippen LogP contribution in [-0.4, -0.2) is 29.9 Å². The van der Waals surface area contributed by atoms with Gasteiger partial charge in [-0.25, -0.2) is 29.9 Å². The van der Waals surface area contributed by atoms with Gasteiger partial charge in [0.25, 0.3) is 0 Å². The fraction of sp³-hybridized carbons (Fsp3) is 0. The maximum atomic E-state index is 6.41. The van der Waals surface area contributed by atoms with Crippen LogP contribution < -0.4 is 0 Å². The van der Waals surface area contributed by atoms with Crippen LogP contribution in [0.1, 0.15) is 0 Å². The first kappa shape index (κ1) is 59.9. The molecule has 0 saturated carbocycles. The first-order chi connectivity index (χ1) is 51.5. The van der Waals surface area contributed by atoms with Crippen molar-refractivity contribution in [2.24, 2.45) is 0 Å². The van der Waals surface area contributed by atoms with Gasteiger partial charge in [-0.2, -0.15) is 0 Å². The lowest BCUT2D eigenvalue weighted by molar-refractivity contribution is 0.668. The first-order valence-electron chi connectivity index (χ1n) is 35.0. The zero-order chi connectivity index (χ0) is 68.6. The zero-order valence-corrected chi connectivity index (χ0v) is 56.0. The summed E-state index contributed by atoms with van der Waals surface area (Å²) in [7, 11) is 0. The van der Waals surface area contributed by atoms with E-state index >= 15 is 0 Å². The van der Waals surface area contributed by atoms with Crippen molar-refractivity contribution in [2.75, 3.05) is 0 Å². The Morgan fingerprint density at radius 1 is 0.125 bits per heavy atom. The van der Waals surface area contributed by atoms with Gasteiger partial charge < -0.3 is 8.83 Å². The molecule has 0 unspecified atom stereocenters. The molecule has 4 heterocycles. The molecule has 0 fully saturated rings. The lowest BCUT2D eigenvalue weighted by Crippen LogP contribution is -2.00. The summed E-state index contributed by atoms with van der Waals surface area (Å²) in [5.41, 5.74) is 15.6. The normalized spacial score (nSPS) is 11.7. The Bertz CT molecular complexity index is 6900. The predicted octanol–water partition coefficient (Wildman–Crippen LogP) is 25.5. The van der Waals surface area contributed by atoms with E-state index in [-0.39, 0.29) is 0 Å². The molecule has 8 heteroatoms. The highest BCUT2D eigenvalue weighted by molar-refractivity contribution is 6.27. The number of furan rings is 2. The van der Waals surface area contributed by atoms with Crippen molar-refractivity contribution in [1.29, 1.82) is 0 Å². The number of benzene rings is 17. The third-order valence-electron chi connectivity index (χ3n) is 20.2. The van der Waals surface area contributed by atoms with E-state index in [1.54, 1.807) is 0 Å². The van der Waals surface area contributed by atoms with Crippen molar-refractivity contribution in [1.82, 2.24) is 29.9 Å². The quantitative estimate of drug-likeness (QED) is 0.132. The molecular formula is C96H58N6O2. The van der Waals surface area contributed by atoms with Crippen LogP contribution in [0.3, 0.4) is 0 Å². The summed E-state index contributed by atoms with van der Waals surface area (Å²) in [6.07, 6.45) is 0. The van der Waals surface area contributed by atoms with Crippen molar-refractivity contribution in [2.45, 2.75) is 0 Å². The summed E-state index contributed by atoms with van der Waals surface area (Å²) >= 11 is 0. The average molecular weight is 1330 g/mol. The van der Waals surface area contributed by atoms with Gasteiger partial charge in [0.1, 0.15) is 22.3 Å². The van der Waals surface area contributed by atoms with E-state index in [0.717, 1.165) is 99.5 Å². The lowest BCUT2D eigenvalue weighted by Gasteiger charge is -2.13. The molecule has 17 aromatic carbocycles. The number of nitrogens with zero attached hydrogens (tertiary/aromatic N) is 6. The molecule has 21 aromatic rings. The molecule has 0 spiro atoms. The number of aromatic nitrogens is 6. The Balaban J connectivity index is 0.000000139. The van der Waals surface area contributed by atoms with Gasteiger partial charge in [0.15, 0.2) is 34.9 Å². The van der Waals surface area contributed by atoms with Crippen molar-refractivity contribution in [3.63, 3.8) is 0 Å². The second-order valence-electron chi connectivity index (χ2n) is 26.4. The predicted molar refractivity (Wildman–Crippen MR) is 428 cm³/mol. The minimum Gasteiger partial charge on any atom is -0.456 e. The van der Waals surface area contributed by atoms with Gasteiger partial charge in [-0.1, -0.05) is 285 Å². The summed E-state index contributed by atoms with van der Waals surface area (Å²) in [5, 5.41) is 19.1. The maximum absolute atomic E-state index is 6.41. The highest BCUT2D eigenvalue weighted by Gasteiger charge is 2.20. The number of fused-ring (bicyclic) bond motifs is 18. The molecule has 4 aromatic heterocycles. The molecule has 0 N–H and O–H groups in total. The van der Waals surface area contributed by atoms with Crippen LogP contribution in [-0.2, 0) is 0 Å². The van der Waals surface area contributed by atoms with Gasteiger partial charge in [0.2, 0.25) is 0 Å². The van der Waals surface area contributed by atoms with E-state index in [9.17, 15) is 0 Å². The Morgan fingerprint density at radius 3 is 0.740 bits per heavy atom. The molecule has 8 nitrogen and oxygen atoms in total. The molecule has 0 radical (unpaired) electrons. The largest absolute Gasteiger partial charge is 0.456 e. The molecule has 0 amide bonds. The summed E-state index contributed by atoms with van der Waals surface area (Å²) in [5.74, 6) is 3.67.